The first-order valence-corrected chi connectivity index (χ1v) is 10.4. The summed E-state index contributed by atoms with van der Waals surface area (Å²) in [6, 6.07) is 1.58. The second-order valence-electron chi connectivity index (χ2n) is 6.95. The lowest BCUT2D eigenvalue weighted by Crippen LogP contribution is -2.38. The third kappa shape index (κ3) is 4.39. The molecule has 0 bridgehead atoms. The molecule has 1 amide bonds. The van der Waals surface area contributed by atoms with Gasteiger partial charge >= 0.3 is 0 Å². The topological polar surface area (TPSA) is 101 Å². The number of rotatable bonds is 4. The highest BCUT2D eigenvalue weighted by atomic mass is 32.2. The Morgan fingerprint density at radius 1 is 1.32 bits per heavy atom. The first-order chi connectivity index (χ1) is 11.8. The van der Waals surface area contributed by atoms with Crippen LogP contribution in [0.5, 0.6) is 0 Å². The maximum Gasteiger partial charge on any atom is 0.268 e. The Labute approximate surface area is 147 Å². The summed E-state index contributed by atoms with van der Waals surface area (Å²) in [6.07, 6.45) is 3.47. The van der Waals surface area contributed by atoms with Crippen LogP contribution in [0.4, 0.5) is 5.69 Å². The molecule has 1 atom stereocenters. The predicted octanol–water partition coefficient (Wildman–Crippen LogP) is -0.452. The maximum atomic E-state index is 12.2. The molecule has 0 radical (unpaired) electrons. The molecule has 0 unspecified atom stereocenters. The standard InChI is InChI=1S/C16H24N4O4S/c1-19-15(21)8-14(10-18-19)20-5-2-12(11-20)9-17-16(22)13-3-6-25(23,24)7-4-13/h8,10,12-13H,2-7,9,11H2,1H3,(H,17,22)/t12-/m1/s1. The third-order valence-electron chi connectivity index (χ3n) is 5.09. The van der Waals surface area contributed by atoms with Crippen molar-refractivity contribution in [2.24, 2.45) is 18.9 Å². The third-order valence-corrected chi connectivity index (χ3v) is 6.81. The van der Waals surface area contributed by atoms with Crippen LogP contribution in [-0.2, 0) is 21.7 Å². The summed E-state index contributed by atoms with van der Waals surface area (Å²) in [6.45, 7) is 2.18. The molecule has 0 aromatic carbocycles. The highest BCUT2D eigenvalue weighted by Gasteiger charge is 2.29. The summed E-state index contributed by atoms with van der Waals surface area (Å²) in [5.41, 5.74) is 0.677. The summed E-state index contributed by atoms with van der Waals surface area (Å²) >= 11 is 0. The van der Waals surface area contributed by atoms with Crippen LogP contribution in [0.25, 0.3) is 0 Å². The second kappa shape index (κ2) is 7.15. The van der Waals surface area contributed by atoms with Gasteiger partial charge in [-0.05, 0) is 25.2 Å². The number of sulfone groups is 1. The minimum absolute atomic E-state index is 0.0383. The van der Waals surface area contributed by atoms with Gasteiger partial charge in [-0.3, -0.25) is 9.59 Å². The molecule has 2 saturated heterocycles. The lowest BCUT2D eigenvalue weighted by molar-refractivity contribution is -0.125. The summed E-state index contributed by atoms with van der Waals surface area (Å²) in [4.78, 5) is 26.0. The van der Waals surface area contributed by atoms with Crippen molar-refractivity contribution in [2.45, 2.75) is 19.3 Å². The molecule has 9 heteroatoms. The predicted molar refractivity (Wildman–Crippen MR) is 94.2 cm³/mol. The van der Waals surface area contributed by atoms with Gasteiger partial charge in [-0.1, -0.05) is 0 Å². The van der Waals surface area contributed by atoms with Gasteiger partial charge < -0.3 is 10.2 Å². The summed E-state index contributed by atoms with van der Waals surface area (Å²) in [7, 11) is -1.33. The van der Waals surface area contributed by atoms with Gasteiger partial charge in [-0.2, -0.15) is 5.10 Å². The zero-order valence-corrected chi connectivity index (χ0v) is 15.2. The molecule has 2 aliphatic rings. The van der Waals surface area contributed by atoms with Gasteiger partial charge in [-0.25, -0.2) is 13.1 Å². The van der Waals surface area contributed by atoms with Crippen molar-refractivity contribution in [1.82, 2.24) is 15.1 Å². The molecule has 1 N–H and O–H groups in total. The van der Waals surface area contributed by atoms with E-state index in [9.17, 15) is 18.0 Å². The Kier molecular flexibility index (Phi) is 5.12. The number of hydrogen-bond donors (Lipinski definition) is 1. The van der Waals surface area contributed by atoms with Gasteiger partial charge in [0.25, 0.3) is 5.56 Å². The molecule has 3 rings (SSSR count). The lowest BCUT2D eigenvalue weighted by Gasteiger charge is -2.22. The molecule has 2 fully saturated rings. The monoisotopic (exact) mass is 368 g/mol. The number of carbonyl (C=O) groups is 1. The van der Waals surface area contributed by atoms with Gasteiger partial charge in [0.2, 0.25) is 5.91 Å². The molecular formula is C16H24N4O4S. The van der Waals surface area contributed by atoms with Crippen LogP contribution in [0, 0.1) is 11.8 Å². The summed E-state index contributed by atoms with van der Waals surface area (Å²) in [5.74, 6) is 0.308. The zero-order chi connectivity index (χ0) is 18.0. The van der Waals surface area contributed by atoms with E-state index in [0.717, 1.165) is 25.2 Å². The van der Waals surface area contributed by atoms with E-state index in [1.54, 1.807) is 19.3 Å². The molecule has 1 aromatic rings. The quantitative estimate of drug-likeness (QED) is 0.772. The fraction of sp³-hybridized carbons (Fsp3) is 0.688. The van der Waals surface area contributed by atoms with Crippen LogP contribution in [0.2, 0.25) is 0 Å². The van der Waals surface area contributed by atoms with Gasteiger partial charge in [0, 0.05) is 38.7 Å². The van der Waals surface area contributed by atoms with E-state index in [1.165, 1.54) is 4.68 Å². The SMILES string of the molecule is Cn1ncc(N2CC[C@H](CNC(=O)C3CCS(=O)(=O)CC3)C2)cc1=O. The number of nitrogens with one attached hydrogen (secondary N) is 1. The van der Waals surface area contributed by atoms with Crippen molar-refractivity contribution < 1.29 is 13.2 Å². The number of carbonyl (C=O) groups excluding carboxylic acids is 1. The molecular weight excluding hydrogens is 344 g/mol. The Morgan fingerprint density at radius 2 is 2.04 bits per heavy atom. The first-order valence-electron chi connectivity index (χ1n) is 8.60. The van der Waals surface area contributed by atoms with E-state index in [4.69, 9.17) is 0 Å². The van der Waals surface area contributed by atoms with Gasteiger partial charge in [0.1, 0.15) is 9.84 Å². The Hall–Kier alpha value is -1.90. The Bertz CT molecular complexity index is 791. The first kappa shape index (κ1) is 17.9. The van der Waals surface area contributed by atoms with Crippen molar-refractivity contribution in [3.8, 4) is 0 Å². The van der Waals surface area contributed by atoms with Crippen LogP contribution >= 0.6 is 0 Å². The largest absolute Gasteiger partial charge is 0.370 e. The lowest BCUT2D eigenvalue weighted by atomic mass is 10.0. The average Bonchev–Trinajstić information content (AvgIpc) is 3.04. The average molecular weight is 368 g/mol. The van der Waals surface area contributed by atoms with Gasteiger partial charge in [0.05, 0.1) is 23.4 Å². The normalized spacial score (nSPS) is 23.6. The summed E-state index contributed by atoms with van der Waals surface area (Å²) < 4.78 is 24.2. The molecule has 25 heavy (non-hydrogen) atoms. The van der Waals surface area contributed by atoms with E-state index in [-0.39, 0.29) is 28.9 Å². The molecule has 0 spiro atoms. The van der Waals surface area contributed by atoms with Crippen LogP contribution < -0.4 is 15.8 Å². The van der Waals surface area contributed by atoms with Crippen LogP contribution in [-0.4, -0.2) is 55.2 Å². The number of anilines is 1. The maximum absolute atomic E-state index is 12.2. The van der Waals surface area contributed by atoms with E-state index in [0.29, 0.717) is 25.3 Å². The fourth-order valence-corrected chi connectivity index (χ4v) is 4.90. The molecule has 3 heterocycles. The summed E-state index contributed by atoms with van der Waals surface area (Å²) in [5, 5.41) is 7.01. The minimum atomic E-state index is -2.94. The smallest absolute Gasteiger partial charge is 0.268 e. The Morgan fingerprint density at radius 3 is 2.72 bits per heavy atom. The Balaban J connectivity index is 1.48. The van der Waals surface area contributed by atoms with E-state index < -0.39 is 9.84 Å². The van der Waals surface area contributed by atoms with E-state index >= 15 is 0 Å². The van der Waals surface area contributed by atoms with Crippen molar-refractivity contribution >= 4 is 21.4 Å². The molecule has 0 aliphatic carbocycles. The number of aryl methyl sites for hydroxylation is 1. The molecule has 2 aliphatic heterocycles. The second-order valence-corrected chi connectivity index (χ2v) is 9.25. The fourth-order valence-electron chi connectivity index (χ4n) is 3.41. The van der Waals surface area contributed by atoms with Gasteiger partial charge in [0.15, 0.2) is 0 Å². The number of nitrogens with zero attached hydrogens (tertiary/aromatic N) is 3. The number of hydrogen-bond acceptors (Lipinski definition) is 6. The zero-order valence-electron chi connectivity index (χ0n) is 14.3. The molecule has 138 valence electrons. The molecule has 8 nitrogen and oxygen atoms in total. The number of amides is 1. The van der Waals surface area contributed by atoms with E-state index in [1.807, 2.05) is 0 Å². The molecule has 0 saturated carbocycles. The van der Waals surface area contributed by atoms with Gasteiger partial charge in [-0.15, -0.1) is 0 Å². The minimum Gasteiger partial charge on any atom is -0.370 e. The van der Waals surface area contributed by atoms with Crippen molar-refractivity contribution in [2.75, 3.05) is 36.0 Å². The van der Waals surface area contributed by atoms with Crippen molar-refractivity contribution in [3.05, 3.63) is 22.6 Å². The number of aromatic nitrogens is 2. The highest BCUT2D eigenvalue weighted by molar-refractivity contribution is 7.91. The molecule has 1 aromatic heterocycles. The van der Waals surface area contributed by atoms with Crippen molar-refractivity contribution in [3.63, 3.8) is 0 Å². The highest BCUT2D eigenvalue weighted by Crippen LogP contribution is 2.22. The van der Waals surface area contributed by atoms with E-state index in [2.05, 4.69) is 15.3 Å². The van der Waals surface area contributed by atoms with Crippen LogP contribution in [0.3, 0.4) is 0 Å². The van der Waals surface area contributed by atoms with Crippen LogP contribution in [0.15, 0.2) is 17.1 Å². The van der Waals surface area contributed by atoms with Crippen LogP contribution in [0.1, 0.15) is 19.3 Å². The van der Waals surface area contributed by atoms with Crippen molar-refractivity contribution in [1.29, 1.82) is 0 Å².